The molecule has 0 aliphatic rings. The van der Waals surface area contributed by atoms with E-state index in [9.17, 15) is 10.0 Å². The SMILES string of the molecule is CC(C)CC(CO)NC(=O)c1cccc[n+]1[O-]. The van der Waals surface area contributed by atoms with Crippen LogP contribution in [0.25, 0.3) is 0 Å². The first kappa shape index (κ1) is 13.4. The molecule has 1 rings (SSSR count). The quantitative estimate of drug-likeness (QED) is 0.578. The smallest absolute Gasteiger partial charge is 0.317 e. The molecule has 1 heterocycles. The molecule has 0 radical (unpaired) electrons. The van der Waals surface area contributed by atoms with E-state index in [0.29, 0.717) is 17.1 Å². The number of aliphatic hydroxyl groups excluding tert-OH is 1. The lowest BCUT2D eigenvalue weighted by Gasteiger charge is -2.17. The minimum absolute atomic E-state index is 0.0368. The lowest BCUT2D eigenvalue weighted by molar-refractivity contribution is -0.607. The first-order valence-electron chi connectivity index (χ1n) is 5.64. The van der Waals surface area contributed by atoms with Gasteiger partial charge in [0.1, 0.15) is 0 Å². The average Bonchev–Trinajstić information content (AvgIpc) is 2.27. The number of rotatable bonds is 5. The van der Waals surface area contributed by atoms with E-state index in [1.807, 2.05) is 13.8 Å². The van der Waals surface area contributed by atoms with Gasteiger partial charge < -0.3 is 15.6 Å². The molecular weight excluding hydrogens is 220 g/mol. The Morgan fingerprint density at radius 3 is 2.76 bits per heavy atom. The third kappa shape index (κ3) is 4.03. The summed E-state index contributed by atoms with van der Waals surface area (Å²) in [4.78, 5) is 11.8. The molecule has 0 aliphatic heterocycles. The number of nitrogens with one attached hydrogen (secondary N) is 1. The highest BCUT2D eigenvalue weighted by Gasteiger charge is 2.19. The van der Waals surface area contributed by atoms with Crippen LogP contribution < -0.4 is 10.0 Å². The molecule has 1 atom stereocenters. The molecule has 0 aliphatic carbocycles. The number of carbonyl (C=O) groups is 1. The zero-order chi connectivity index (χ0) is 12.8. The van der Waals surface area contributed by atoms with Gasteiger partial charge in [-0.1, -0.05) is 13.8 Å². The van der Waals surface area contributed by atoms with Crippen molar-refractivity contribution in [3.63, 3.8) is 0 Å². The summed E-state index contributed by atoms with van der Waals surface area (Å²) in [5, 5.41) is 23.1. The van der Waals surface area contributed by atoms with Gasteiger partial charge in [0, 0.05) is 12.1 Å². The van der Waals surface area contributed by atoms with Crippen LogP contribution in [0, 0.1) is 11.1 Å². The van der Waals surface area contributed by atoms with Crippen LogP contribution in [0.1, 0.15) is 30.8 Å². The second-order valence-electron chi connectivity index (χ2n) is 4.39. The first-order chi connectivity index (χ1) is 8.04. The van der Waals surface area contributed by atoms with Gasteiger partial charge in [-0.25, -0.2) is 0 Å². The Kier molecular flexibility index (Phi) is 4.90. The van der Waals surface area contributed by atoms with Crippen molar-refractivity contribution in [3.8, 4) is 0 Å². The summed E-state index contributed by atoms with van der Waals surface area (Å²) in [6.45, 7) is 3.88. The summed E-state index contributed by atoms with van der Waals surface area (Å²) >= 11 is 0. The minimum Gasteiger partial charge on any atom is -0.618 e. The maximum Gasteiger partial charge on any atom is 0.317 e. The predicted octanol–water partition coefficient (Wildman–Crippen LogP) is 0.457. The molecule has 17 heavy (non-hydrogen) atoms. The number of pyridine rings is 1. The standard InChI is InChI=1S/C12H18N2O3/c1-9(2)7-10(8-15)13-12(16)11-5-3-4-6-14(11)17/h3-6,9-10,15H,7-8H2,1-2H3,(H,13,16). The fraction of sp³-hybridized carbons (Fsp3) is 0.500. The number of hydrogen-bond donors (Lipinski definition) is 2. The molecule has 0 aromatic carbocycles. The Labute approximate surface area is 101 Å². The van der Waals surface area contributed by atoms with Crippen LogP contribution in [0.15, 0.2) is 24.4 Å². The van der Waals surface area contributed by atoms with Crippen molar-refractivity contribution in [2.45, 2.75) is 26.3 Å². The monoisotopic (exact) mass is 238 g/mol. The Morgan fingerprint density at radius 1 is 1.53 bits per heavy atom. The highest BCUT2D eigenvalue weighted by Crippen LogP contribution is 2.04. The van der Waals surface area contributed by atoms with E-state index >= 15 is 0 Å². The molecule has 5 heteroatoms. The van der Waals surface area contributed by atoms with Gasteiger partial charge in [0.25, 0.3) is 5.69 Å². The van der Waals surface area contributed by atoms with E-state index in [-0.39, 0.29) is 18.3 Å². The average molecular weight is 238 g/mol. The maximum atomic E-state index is 11.8. The van der Waals surface area contributed by atoms with Crippen molar-refractivity contribution in [1.82, 2.24) is 5.32 Å². The van der Waals surface area contributed by atoms with Crippen LogP contribution in [0.2, 0.25) is 0 Å². The zero-order valence-corrected chi connectivity index (χ0v) is 10.1. The summed E-state index contributed by atoms with van der Waals surface area (Å²) in [5.41, 5.74) is 0.0368. The molecule has 0 saturated carbocycles. The van der Waals surface area contributed by atoms with Crippen molar-refractivity contribution >= 4 is 5.91 Å². The Hall–Kier alpha value is -1.62. The Bertz CT molecular complexity index is 380. The topological polar surface area (TPSA) is 76.3 Å². The van der Waals surface area contributed by atoms with Crippen molar-refractivity contribution in [3.05, 3.63) is 35.3 Å². The normalized spacial score (nSPS) is 12.5. The van der Waals surface area contributed by atoms with Gasteiger partial charge in [-0.15, -0.1) is 0 Å². The molecule has 0 bridgehead atoms. The van der Waals surface area contributed by atoms with Crippen LogP contribution in [0.4, 0.5) is 0 Å². The lowest BCUT2D eigenvalue weighted by Crippen LogP contribution is -2.44. The molecule has 2 N–H and O–H groups in total. The van der Waals surface area contributed by atoms with Crippen LogP contribution in [0.5, 0.6) is 0 Å². The third-order valence-corrected chi connectivity index (χ3v) is 2.37. The van der Waals surface area contributed by atoms with Crippen molar-refractivity contribution in [1.29, 1.82) is 0 Å². The Balaban J connectivity index is 2.68. The van der Waals surface area contributed by atoms with Gasteiger partial charge >= 0.3 is 5.91 Å². The molecule has 1 aromatic rings. The third-order valence-electron chi connectivity index (χ3n) is 2.37. The van der Waals surface area contributed by atoms with Crippen molar-refractivity contribution in [2.75, 3.05) is 6.61 Å². The molecule has 0 spiro atoms. The summed E-state index contributed by atoms with van der Waals surface area (Å²) in [6, 6.07) is 4.32. The highest BCUT2D eigenvalue weighted by molar-refractivity contribution is 5.91. The molecule has 0 saturated heterocycles. The van der Waals surface area contributed by atoms with Crippen LogP contribution in [-0.2, 0) is 0 Å². The van der Waals surface area contributed by atoms with Crippen LogP contribution in [-0.4, -0.2) is 23.7 Å². The van der Waals surface area contributed by atoms with Crippen LogP contribution >= 0.6 is 0 Å². The van der Waals surface area contributed by atoms with E-state index in [2.05, 4.69) is 5.32 Å². The molecule has 94 valence electrons. The lowest BCUT2D eigenvalue weighted by atomic mass is 10.0. The second kappa shape index (κ2) is 6.20. The summed E-state index contributed by atoms with van der Waals surface area (Å²) in [5.74, 6) is -0.0945. The van der Waals surface area contributed by atoms with Crippen molar-refractivity contribution in [2.24, 2.45) is 5.92 Å². The molecule has 1 aromatic heterocycles. The van der Waals surface area contributed by atoms with E-state index in [1.54, 1.807) is 12.1 Å². The first-order valence-corrected chi connectivity index (χ1v) is 5.64. The van der Waals surface area contributed by atoms with E-state index in [4.69, 9.17) is 5.11 Å². The molecule has 1 amide bonds. The fourth-order valence-electron chi connectivity index (χ4n) is 1.61. The largest absolute Gasteiger partial charge is 0.618 e. The number of carbonyl (C=O) groups excluding carboxylic acids is 1. The van der Waals surface area contributed by atoms with Gasteiger partial charge in [-0.05, 0) is 18.4 Å². The molecular formula is C12H18N2O3. The van der Waals surface area contributed by atoms with Crippen molar-refractivity contribution < 1.29 is 14.6 Å². The van der Waals surface area contributed by atoms with E-state index < -0.39 is 5.91 Å². The number of hydrogen-bond acceptors (Lipinski definition) is 3. The van der Waals surface area contributed by atoms with Gasteiger partial charge in [0.2, 0.25) is 0 Å². The van der Waals surface area contributed by atoms with Gasteiger partial charge in [-0.3, -0.25) is 4.79 Å². The highest BCUT2D eigenvalue weighted by atomic mass is 16.5. The van der Waals surface area contributed by atoms with Crippen LogP contribution in [0.3, 0.4) is 0 Å². The molecule has 5 nitrogen and oxygen atoms in total. The van der Waals surface area contributed by atoms with Gasteiger partial charge in [0.05, 0.1) is 12.6 Å². The number of amides is 1. The molecule has 1 unspecified atom stereocenters. The summed E-state index contributed by atoms with van der Waals surface area (Å²) in [6.07, 6.45) is 1.94. The second-order valence-corrected chi connectivity index (χ2v) is 4.39. The zero-order valence-electron chi connectivity index (χ0n) is 10.1. The fourth-order valence-corrected chi connectivity index (χ4v) is 1.61. The number of aromatic nitrogens is 1. The summed E-state index contributed by atoms with van der Waals surface area (Å²) < 4.78 is 0.513. The minimum atomic E-state index is -0.458. The summed E-state index contributed by atoms with van der Waals surface area (Å²) in [7, 11) is 0. The maximum absolute atomic E-state index is 11.8. The van der Waals surface area contributed by atoms with Gasteiger partial charge in [-0.2, -0.15) is 4.73 Å². The van der Waals surface area contributed by atoms with Gasteiger partial charge in [0.15, 0.2) is 6.20 Å². The molecule has 0 fully saturated rings. The Morgan fingerprint density at radius 2 is 2.24 bits per heavy atom. The van der Waals surface area contributed by atoms with E-state index in [0.717, 1.165) is 0 Å². The number of nitrogens with zero attached hydrogens (tertiary/aromatic N) is 1. The number of aliphatic hydroxyl groups is 1. The van der Waals surface area contributed by atoms with E-state index in [1.165, 1.54) is 12.3 Å². The predicted molar refractivity (Wildman–Crippen MR) is 63.2 cm³/mol.